The van der Waals surface area contributed by atoms with Gasteiger partial charge in [-0.3, -0.25) is 4.79 Å². The Bertz CT molecular complexity index is 1250. The smallest absolute Gasteiger partial charge is 0.375 e. The Morgan fingerprint density at radius 1 is 1.19 bits per heavy atom. The number of nitrogens with one attached hydrogen (secondary N) is 1. The average molecular weight is 438 g/mol. The van der Waals surface area contributed by atoms with E-state index in [-0.39, 0.29) is 5.76 Å². The van der Waals surface area contributed by atoms with E-state index in [0.717, 1.165) is 10.9 Å². The maximum Gasteiger partial charge on any atom is 0.375 e. The van der Waals surface area contributed by atoms with Crippen LogP contribution in [0.15, 0.2) is 65.3 Å². The molecule has 0 saturated heterocycles. The number of hydrogen-bond acceptors (Lipinski definition) is 5. The van der Waals surface area contributed by atoms with Crippen LogP contribution in [0.5, 0.6) is 0 Å². The summed E-state index contributed by atoms with van der Waals surface area (Å²) in [6, 6.07) is 14.2. The SMILES string of the molecule is Cc1c(C(=O)OCC(=O)NC(c2ccccc2)c2nccn2C)oc2c(Cl)cccc12. The molecule has 31 heavy (non-hydrogen) atoms. The van der Waals surface area contributed by atoms with Crippen LogP contribution in [0.2, 0.25) is 5.02 Å². The topological polar surface area (TPSA) is 86.4 Å². The van der Waals surface area contributed by atoms with Gasteiger partial charge in [-0.05, 0) is 18.6 Å². The third-order valence-corrected chi connectivity index (χ3v) is 5.29. The Hall–Kier alpha value is -3.58. The monoisotopic (exact) mass is 437 g/mol. The average Bonchev–Trinajstić information content (AvgIpc) is 3.35. The first-order valence-corrected chi connectivity index (χ1v) is 9.99. The summed E-state index contributed by atoms with van der Waals surface area (Å²) in [6.07, 6.45) is 3.46. The molecule has 0 bridgehead atoms. The van der Waals surface area contributed by atoms with Crippen LogP contribution in [-0.2, 0) is 16.6 Å². The highest BCUT2D eigenvalue weighted by Crippen LogP contribution is 2.31. The molecular formula is C23H20ClN3O4. The molecule has 0 fully saturated rings. The number of carbonyl (C=O) groups excluding carboxylic acids is 2. The van der Waals surface area contributed by atoms with Crippen LogP contribution < -0.4 is 5.32 Å². The van der Waals surface area contributed by atoms with Crippen molar-refractivity contribution in [3.63, 3.8) is 0 Å². The minimum atomic E-state index is -0.729. The van der Waals surface area contributed by atoms with Crippen molar-refractivity contribution in [2.45, 2.75) is 13.0 Å². The lowest BCUT2D eigenvalue weighted by molar-refractivity contribution is -0.124. The van der Waals surface area contributed by atoms with Gasteiger partial charge in [0.15, 0.2) is 12.2 Å². The number of nitrogens with zero attached hydrogens (tertiary/aromatic N) is 2. The van der Waals surface area contributed by atoms with Gasteiger partial charge >= 0.3 is 5.97 Å². The van der Waals surface area contributed by atoms with Crippen molar-refractivity contribution >= 4 is 34.4 Å². The van der Waals surface area contributed by atoms with Crippen molar-refractivity contribution in [2.24, 2.45) is 7.05 Å². The molecule has 4 aromatic rings. The summed E-state index contributed by atoms with van der Waals surface area (Å²) in [4.78, 5) is 29.5. The van der Waals surface area contributed by atoms with Gasteiger partial charge in [-0.25, -0.2) is 9.78 Å². The third kappa shape index (κ3) is 4.18. The highest BCUT2D eigenvalue weighted by atomic mass is 35.5. The van der Waals surface area contributed by atoms with Crippen molar-refractivity contribution in [2.75, 3.05) is 6.61 Å². The number of furan rings is 1. The number of benzene rings is 2. The third-order valence-electron chi connectivity index (χ3n) is 4.99. The van der Waals surface area contributed by atoms with E-state index >= 15 is 0 Å². The standard InChI is InChI=1S/C23H20ClN3O4/c1-14-16-9-6-10-17(24)21(16)31-20(14)23(29)30-13-18(28)26-19(15-7-4-3-5-8-15)22-25-11-12-27(22)2/h3-12,19H,13H2,1-2H3,(H,26,28). The molecule has 0 radical (unpaired) electrons. The van der Waals surface area contributed by atoms with Crippen LogP contribution in [-0.4, -0.2) is 28.0 Å². The van der Waals surface area contributed by atoms with Crippen LogP contribution in [0, 0.1) is 6.92 Å². The summed E-state index contributed by atoms with van der Waals surface area (Å²) >= 11 is 6.13. The molecule has 0 aliphatic carbocycles. The number of halogens is 1. The number of esters is 1. The van der Waals surface area contributed by atoms with Crippen LogP contribution in [0.25, 0.3) is 11.0 Å². The first-order valence-electron chi connectivity index (χ1n) is 9.62. The molecule has 2 aromatic heterocycles. The zero-order valence-corrected chi connectivity index (χ0v) is 17.7. The van der Waals surface area contributed by atoms with Crippen LogP contribution in [0.3, 0.4) is 0 Å². The fraction of sp³-hybridized carbons (Fsp3) is 0.174. The van der Waals surface area contributed by atoms with Gasteiger partial charge in [-0.15, -0.1) is 0 Å². The molecule has 2 heterocycles. The van der Waals surface area contributed by atoms with Gasteiger partial charge in [0.25, 0.3) is 5.91 Å². The summed E-state index contributed by atoms with van der Waals surface area (Å²) in [7, 11) is 1.85. The summed E-state index contributed by atoms with van der Waals surface area (Å²) < 4.78 is 12.6. The summed E-state index contributed by atoms with van der Waals surface area (Å²) in [5.74, 6) is -0.501. The maximum atomic E-state index is 12.6. The highest BCUT2D eigenvalue weighted by Gasteiger charge is 2.24. The van der Waals surface area contributed by atoms with E-state index in [9.17, 15) is 9.59 Å². The Labute approximate surface area is 183 Å². The van der Waals surface area contributed by atoms with E-state index in [1.807, 2.05) is 41.9 Å². The largest absolute Gasteiger partial charge is 0.450 e. The molecule has 8 heteroatoms. The Morgan fingerprint density at radius 2 is 1.97 bits per heavy atom. The number of ether oxygens (including phenoxy) is 1. The van der Waals surface area contributed by atoms with Gasteiger partial charge in [-0.2, -0.15) is 0 Å². The van der Waals surface area contributed by atoms with Crippen molar-refractivity contribution in [1.29, 1.82) is 0 Å². The van der Waals surface area contributed by atoms with Crippen LogP contribution in [0.1, 0.15) is 33.5 Å². The van der Waals surface area contributed by atoms with Gasteiger partial charge in [0.2, 0.25) is 5.76 Å². The van der Waals surface area contributed by atoms with Gasteiger partial charge in [0, 0.05) is 30.4 Å². The fourth-order valence-corrected chi connectivity index (χ4v) is 3.61. The van der Waals surface area contributed by atoms with Gasteiger partial charge < -0.3 is 19.0 Å². The second kappa shape index (κ2) is 8.65. The number of rotatable bonds is 6. The second-order valence-corrected chi connectivity index (χ2v) is 7.46. The van der Waals surface area contributed by atoms with Crippen molar-refractivity contribution in [1.82, 2.24) is 14.9 Å². The zero-order chi connectivity index (χ0) is 22.0. The first kappa shape index (κ1) is 20.7. The van der Waals surface area contributed by atoms with E-state index in [1.54, 1.807) is 37.5 Å². The van der Waals surface area contributed by atoms with Crippen LogP contribution in [0.4, 0.5) is 0 Å². The molecule has 7 nitrogen and oxygen atoms in total. The maximum absolute atomic E-state index is 12.6. The highest BCUT2D eigenvalue weighted by molar-refractivity contribution is 6.35. The predicted octanol–water partition coefficient (Wildman–Crippen LogP) is 4.19. The molecule has 158 valence electrons. The minimum Gasteiger partial charge on any atom is -0.450 e. The number of imidazole rings is 1. The molecule has 0 aliphatic rings. The van der Waals surface area contributed by atoms with Gasteiger partial charge in [0.05, 0.1) is 5.02 Å². The van der Waals surface area contributed by atoms with E-state index in [1.165, 1.54) is 0 Å². The summed E-state index contributed by atoms with van der Waals surface area (Å²) in [5, 5.41) is 4.01. The molecule has 0 aliphatic heterocycles. The molecule has 1 amide bonds. The molecule has 0 spiro atoms. The van der Waals surface area contributed by atoms with E-state index in [4.69, 9.17) is 20.8 Å². The van der Waals surface area contributed by atoms with E-state index in [0.29, 0.717) is 22.0 Å². The van der Waals surface area contributed by atoms with Crippen molar-refractivity contribution < 1.29 is 18.7 Å². The lowest BCUT2D eigenvalue weighted by Crippen LogP contribution is -2.34. The summed E-state index contributed by atoms with van der Waals surface area (Å²) in [5.41, 5.74) is 1.88. The molecule has 1 N–H and O–H groups in total. The van der Waals surface area contributed by atoms with Crippen LogP contribution >= 0.6 is 11.6 Å². The minimum absolute atomic E-state index is 0.0274. The fourth-order valence-electron chi connectivity index (χ4n) is 3.40. The first-order chi connectivity index (χ1) is 15.0. The number of amides is 1. The Balaban J connectivity index is 1.48. The molecule has 4 rings (SSSR count). The van der Waals surface area contributed by atoms with Gasteiger partial charge in [0.1, 0.15) is 11.9 Å². The Morgan fingerprint density at radius 3 is 2.65 bits per heavy atom. The zero-order valence-electron chi connectivity index (χ0n) is 17.0. The molecule has 1 unspecified atom stereocenters. The number of hydrogen-bond donors (Lipinski definition) is 1. The Kier molecular flexibility index (Phi) is 5.77. The van der Waals surface area contributed by atoms with E-state index in [2.05, 4.69) is 10.3 Å². The van der Waals surface area contributed by atoms with Crippen molar-refractivity contribution in [3.05, 3.63) is 88.7 Å². The lowest BCUT2D eigenvalue weighted by atomic mass is 10.1. The van der Waals surface area contributed by atoms with Gasteiger partial charge in [-0.1, -0.05) is 54.1 Å². The van der Waals surface area contributed by atoms with E-state index < -0.39 is 24.5 Å². The quantitative estimate of drug-likeness (QED) is 0.457. The number of carbonyl (C=O) groups is 2. The normalized spacial score (nSPS) is 12.0. The molecule has 2 aromatic carbocycles. The number of para-hydroxylation sites is 1. The summed E-state index contributed by atoms with van der Waals surface area (Å²) in [6.45, 7) is 1.28. The van der Waals surface area contributed by atoms with Crippen molar-refractivity contribution in [3.8, 4) is 0 Å². The lowest BCUT2D eigenvalue weighted by Gasteiger charge is -2.19. The number of aromatic nitrogens is 2. The number of aryl methyl sites for hydroxylation is 2. The molecule has 1 atom stereocenters. The number of fused-ring (bicyclic) bond motifs is 1. The predicted molar refractivity (Wildman–Crippen MR) is 116 cm³/mol. The second-order valence-electron chi connectivity index (χ2n) is 7.06. The molecular weight excluding hydrogens is 418 g/mol. The molecule has 0 saturated carbocycles.